The van der Waals surface area contributed by atoms with Gasteiger partial charge in [0.05, 0.1) is 11.9 Å². The Morgan fingerprint density at radius 2 is 1.59 bits per heavy atom. The molecule has 0 heterocycles. The average molecular weight is 529 g/mol. The largest absolute Gasteiger partial charge is 0.350 e. The van der Waals surface area contributed by atoms with Gasteiger partial charge in [0.1, 0.15) is 12.6 Å². The van der Waals surface area contributed by atoms with E-state index in [-0.39, 0.29) is 28.2 Å². The number of nitrogens with zero attached hydrogens (tertiary/aromatic N) is 2. The Hall–Kier alpha value is -2.29. The summed E-state index contributed by atoms with van der Waals surface area (Å²) in [6.45, 7) is 6.91. The van der Waals surface area contributed by atoms with Crippen LogP contribution in [0.4, 0.5) is 5.69 Å². The highest BCUT2D eigenvalue weighted by molar-refractivity contribution is 7.92. The van der Waals surface area contributed by atoms with E-state index in [9.17, 15) is 18.0 Å². The lowest BCUT2D eigenvalue weighted by Gasteiger charge is -2.33. The summed E-state index contributed by atoms with van der Waals surface area (Å²) in [6, 6.07) is 13.0. The zero-order chi connectivity index (χ0) is 25.7. The maximum atomic E-state index is 13.5. The SMILES string of the molecule is C[C@H](C(=O)NC(C)(C)C)N(CCc1ccccc1)C(=O)CN(c1cc(Cl)cc(Cl)c1)S(C)(=O)=O. The summed E-state index contributed by atoms with van der Waals surface area (Å²) < 4.78 is 26.1. The van der Waals surface area contributed by atoms with Gasteiger partial charge in [-0.05, 0) is 57.9 Å². The second kappa shape index (κ2) is 11.4. The lowest BCUT2D eigenvalue weighted by Crippen LogP contribution is -2.55. The number of rotatable bonds is 9. The van der Waals surface area contributed by atoms with Crippen LogP contribution in [-0.4, -0.2) is 56.1 Å². The van der Waals surface area contributed by atoms with Crippen molar-refractivity contribution < 1.29 is 18.0 Å². The lowest BCUT2D eigenvalue weighted by molar-refractivity contribution is -0.139. The fourth-order valence-corrected chi connectivity index (χ4v) is 4.69. The predicted octanol–water partition coefficient (Wildman–Crippen LogP) is 4.13. The number of amides is 2. The highest BCUT2D eigenvalue weighted by Gasteiger charge is 2.31. The molecule has 1 N–H and O–H groups in total. The summed E-state index contributed by atoms with van der Waals surface area (Å²) in [4.78, 5) is 27.7. The van der Waals surface area contributed by atoms with Crippen molar-refractivity contribution in [1.82, 2.24) is 10.2 Å². The Morgan fingerprint density at radius 3 is 2.09 bits per heavy atom. The first-order valence-electron chi connectivity index (χ1n) is 10.8. The quantitative estimate of drug-likeness (QED) is 0.530. The van der Waals surface area contributed by atoms with Gasteiger partial charge in [-0.3, -0.25) is 13.9 Å². The third-order valence-corrected chi connectivity index (χ3v) is 6.54. The van der Waals surface area contributed by atoms with Gasteiger partial charge in [0.15, 0.2) is 0 Å². The van der Waals surface area contributed by atoms with Crippen LogP contribution < -0.4 is 9.62 Å². The number of halogens is 2. The van der Waals surface area contributed by atoms with Gasteiger partial charge in [0.25, 0.3) is 0 Å². The van der Waals surface area contributed by atoms with E-state index in [0.29, 0.717) is 6.42 Å². The van der Waals surface area contributed by atoms with Crippen LogP contribution in [0.25, 0.3) is 0 Å². The van der Waals surface area contributed by atoms with Gasteiger partial charge in [-0.15, -0.1) is 0 Å². The molecule has 1 atom stereocenters. The molecule has 2 rings (SSSR count). The third kappa shape index (κ3) is 8.49. The van der Waals surface area contributed by atoms with Crippen LogP contribution in [0.2, 0.25) is 10.0 Å². The first-order valence-corrected chi connectivity index (χ1v) is 13.4. The summed E-state index contributed by atoms with van der Waals surface area (Å²) in [6.07, 6.45) is 1.50. The molecule has 0 bridgehead atoms. The molecule has 2 aromatic carbocycles. The van der Waals surface area contributed by atoms with Gasteiger partial charge in [-0.2, -0.15) is 0 Å². The van der Waals surface area contributed by atoms with Crippen molar-refractivity contribution >= 4 is 50.7 Å². The Balaban J connectivity index is 2.36. The van der Waals surface area contributed by atoms with Crippen molar-refractivity contribution in [2.24, 2.45) is 0 Å². The molecule has 0 aliphatic heterocycles. The molecule has 7 nitrogen and oxygen atoms in total. The maximum absolute atomic E-state index is 13.5. The maximum Gasteiger partial charge on any atom is 0.244 e. The average Bonchev–Trinajstić information content (AvgIpc) is 2.70. The van der Waals surface area contributed by atoms with Crippen LogP contribution in [0.1, 0.15) is 33.3 Å². The highest BCUT2D eigenvalue weighted by Crippen LogP contribution is 2.27. The van der Waals surface area contributed by atoms with E-state index in [2.05, 4.69) is 5.32 Å². The van der Waals surface area contributed by atoms with E-state index < -0.39 is 34.1 Å². The smallest absolute Gasteiger partial charge is 0.244 e. The van der Waals surface area contributed by atoms with Crippen LogP contribution in [0.15, 0.2) is 48.5 Å². The van der Waals surface area contributed by atoms with Gasteiger partial charge in [0.2, 0.25) is 21.8 Å². The minimum absolute atomic E-state index is 0.170. The molecule has 2 aromatic rings. The first-order chi connectivity index (χ1) is 15.7. The number of hydrogen-bond donors (Lipinski definition) is 1. The van der Waals surface area contributed by atoms with Crippen molar-refractivity contribution in [3.63, 3.8) is 0 Å². The normalized spacial score (nSPS) is 12.7. The van der Waals surface area contributed by atoms with Crippen molar-refractivity contribution in [1.29, 1.82) is 0 Å². The molecule has 0 fully saturated rings. The molecule has 0 aliphatic rings. The molecule has 0 saturated carbocycles. The summed E-state index contributed by atoms with van der Waals surface area (Å²) in [5, 5.41) is 3.36. The fraction of sp³-hybridized carbons (Fsp3) is 0.417. The Bertz CT molecular complexity index is 1100. The number of anilines is 1. The molecule has 186 valence electrons. The van der Waals surface area contributed by atoms with E-state index in [1.165, 1.54) is 23.1 Å². The van der Waals surface area contributed by atoms with Gasteiger partial charge < -0.3 is 10.2 Å². The number of carbonyl (C=O) groups is 2. The van der Waals surface area contributed by atoms with E-state index in [1.54, 1.807) is 6.92 Å². The van der Waals surface area contributed by atoms with Crippen LogP contribution >= 0.6 is 23.2 Å². The molecule has 2 amide bonds. The van der Waals surface area contributed by atoms with Crippen molar-refractivity contribution in [2.45, 2.75) is 45.7 Å². The summed E-state index contributed by atoms with van der Waals surface area (Å²) in [5.41, 5.74) is 0.670. The van der Waals surface area contributed by atoms with Crippen molar-refractivity contribution in [2.75, 3.05) is 23.7 Å². The standard InChI is InChI=1S/C24H31Cl2N3O4S/c1-17(23(31)27-24(2,3)4)28(12-11-18-9-7-6-8-10-18)22(30)16-29(34(5,32)33)21-14-19(25)13-20(26)15-21/h6-10,13-15,17H,11-12,16H2,1-5H3,(H,27,31)/t17-/m1/s1. The van der Waals surface area contributed by atoms with Gasteiger partial charge in [-0.25, -0.2) is 8.42 Å². The summed E-state index contributed by atoms with van der Waals surface area (Å²) >= 11 is 12.1. The van der Waals surface area contributed by atoms with Crippen LogP contribution in [0.3, 0.4) is 0 Å². The van der Waals surface area contributed by atoms with Crippen molar-refractivity contribution in [3.05, 3.63) is 64.1 Å². The Morgan fingerprint density at radius 1 is 1.03 bits per heavy atom. The number of sulfonamides is 1. The minimum Gasteiger partial charge on any atom is -0.350 e. The van der Waals surface area contributed by atoms with E-state index in [0.717, 1.165) is 16.1 Å². The number of hydrogen-bond acceptors (Lipinski definition) is 4. The fourth-order valence-electron chi connectivity index (χ4n) is 3.34. The van der Waals surface area contributed by atoms with Gasteiger partial charge in [0, 0.05) is 22.1 Å². The number of nitrogens with one attached hydrogen (secondary N) is 1. The van der Waals surface area contributed by atoms with E-state index >= 15 is 0 Å². The molecule has 10 heteroatoms. The van der Waals surface area contributed by atoms with E-state index in [1.807, 2.05) is 51.1 Å². The first kappa shape index (κ1) is 28.0. The molecule has 0 aromatic heterocycles. The van der Waals surface area contributed by atoms with Crippen molar-refractivity contribution in [3.8, 4) is 0 Å². The molecular weight excluding hydrogens is 497 g/mol. The molecular formula is C24H31Cl2N3O4S. The van der Waals surface area contributed by atoms with E-state index in [4.69, 9.17) is 23.2 Å². The highest BCUT2D eigenvalue weighted by atomic mass is 35.5. The second-order valence-electron chi connectivity index (χ2n) is 9.14. The predicted molar refractivity (Wildman–Crippen MR) is 138 cm³/mol. The zero-order valence-corrected chi connectivity index (χ0v) is 22.3. The lowest BCUT2D eigenvalue weighted by atomic mass is 10.1. The second-order valence-corrected chi connectivity index (χ2v) is 11.9. The Kier molecular flexibility index (Phi) is 9.39. The monoisotopic (exact) mass is 527 g/mol. The molecule has 0 unspecified atom stereocenters. The molecule has 0 aliphatic carbocycles. The topological polar surface area (TPSA) is 86.8 Å². The van der Waals surface area contributed by atoms with Gasteiger partial charge in [-0.1, -0.05) is 53.5 Å². The molecule has 34 heavy (non-hydrogen) atoms. The summed E-state index contributed by atoms with van der Waals surface area (Å²) in [7, 11) is -3.85. The van der Waals surface area contributed by atoms with Gasteiger partial charge >= 0.3 is 0 Å². The number of carbonyl (C=O) groups excluding carboxylic acids is 2. The molecule has 0 saturated heterocycles. The molecule has 0 spiro atoms. The zero-order valence-electron chi connectivity index (χ0n) is 20.0. The van der Waals surface area contributed by atoms with Crippen LogP contribution in [0.5, 0.6) is 0 Å². The summed E-state index contributed by atoms with van der Waals surface area (Å²) in [5.74, 6) is -0.848. The Labute approximate surface area is 212 Å². The van der Waals surface area contributed by atoms with Crippen LogP contribution in [0, 0.1) is 0 Å². The van der Waals surface area contributed by atoms with Crippen LogP contribution in [-0.2, 0) is 26.0 Å². The molecule has 0 radical (unpaired) electrons. The minimum atomic E-state index is -3.85. The number of benzene rings is 2. The third-order valence-electron chi connectivity index (χ3n) is 4.96.